The Hall–Kier alpha value is -0.690. The quantitative estimate of drug-likeness (QED) is 0.504. The first-order valence-electron chi connectivity index (χ1n) is 4.46. The minimum atomic E-state index is -0.240. The fourth-order valence-corrected chi connectivity index (χ4v) is 2.38. The molecule has 1 aliphatic carbocycles. The molecule has 0 aromatic carbocycles. The molecule has 3 nitrogen and oxygen atoms in total. The van der Waals surface area contributed by atoms with Gasteiger partial charge in [-0.15, -0.1) is 0 Å². The zero-order valence-electron chi connectivity index (χ0n) is 7.66. The minimum absolute atomic E-state index is 0.0455. The molecule has 72 valence electrons. The maximum Gasteiger partial charge on any atom is 0.302 e. The highest BCUT2D eigenvalue weighted by molar-refractivity contribution is 8.04. The molecule has 0 heterocycles. The van der Waals surface area contributed by atoms with Crippen molar-refractivity contribution >= 4 is 17.7 Å². The molecular weight excluding hydrogens is 186 g/mol. The second-order valence-electron chi connectivity index (χ2n) is 3.18. The summed E-state index contributed by atoms with van der Waals surface area (Å²) in [5.41, 5.74) is 0. The minimum Gasteiger partial charge on any atom is -0.461 e. The normalized spacial score (nSPS) is 27.7. The van der Waals surface area contributed by atoms with E-state index >= 15 is 0 Å². The molecule has 1 saturated carbocycles. The molecule has 1 fully saturated rings. The smallest absolute Gasteiger partial charge is 0.302 e. The largest absolute Gasteiger partial charge is 0.461 e. The van der Waals surface area contributed by atoms with Crippen LogP contribution in [0, 0.1) is 10.7 Å². The first-order chi connectivity index (χ1) is 6.24. The van der Waals surface area contributed by atoms with Gasteiger partial charge >= 0.3 is 5.97 Å². The van der Waals surface area contributed by atoms with E-state index < -0.39 is 0 Å². The van der Waals surface area contributed by atoms with Gasteiger partial charge in [-0.3, -0.25) is 4.79 Å². The summed E-state index contributed by atoms with van der Waals surface area (Å²) in [6, 6.07) is 0. The number of nitriles is 1. The van der Waals surface area contributed by atoms with Crippen molar-refractivity contribution in [3.8, 4) is 5.40 Å². The Bertz CT molecular complexity index is 224. The Morgan fingerprint density at radius 1 is 1.54 bits per heavy atom. The number of esters is 1. The lowest BCUT2D eigenvalue weighted by Crippen LogP contribution is -2.31. The van der Waals surface area contributed by atoms with Gasteiger partial charge < -0.3 is 4.74 Å². The summed E-state index contributed by atoms with van der Waals surface area (Å²) in [5, 5.41) is 10.8. The third-order valence-corrected chi connectivity index (χ3v) is 3.11. The number of hydrogen-bond acceptors (Lipinski definition) is 4. The second-order valence-corrected chi connectivity index (χ2v) is 4.20. The van der Waals surface area contributed by atoms with Gasteiger partial charge in [0.1, 0.15) is 11.5 Å². The van der Waals surface area contributed by atoms with Crippen molar-refractivity contribution in [2.45, 2.75) is 44.0 Å². The number of hydrogen-bond donors (Lipinski definition) is 0. The van der Waals surface area contributed by atoms with Crippen molar-refractivity contribution in [2.75, 3.05) is 0 Å². The standard InChI is InChI=1S/C9H13NO2S/c1-7(11)12-8-4-2-3-5-9(8)13-6-10/h8-9H,2-5H2,1H3/t8-,9-/m0/s1. The molecule has 0 aliphatic heterocycles. The van der Waals surface area contributed by atoms with Crippen LogP contribution in [0.25, 0.3) is 0 Å². The summed E-state index contributed by atoms with van der Waals surface area (Å²) in [5.74, 6) is -0.240. The third kappa shape index (κ3) is 3.27. The molecule has 0 amide bonds. The lowest BCUT2D eigenvalue weighted by atomic mass is 9.97. The van der Waals surface area contributed by atoms with Crippen LogP contribution in [0.2, 0.25) is 0 Å². The van der Waals surface area contributed by atoms with Crippen molar-refractivity contribution < 1.29 is 9.53 Å². The van der Waals surface area contributed by atoms with Crippen LogP contribution in [0.15, 0.2) is 0 Å². The monoisotopic (exact) mass is 199 g/mol. The molecule has 0 N–H and O–H groups in total. The number of ether oxygens (including phenoxy) is 1. The number of rotatable bonds is 2. The summed E-state index contributed by atoms with van der Waals surface area (Å²) in [6.45, 7) is 1.42. The number of thioether (sulfide) groups is 1. The summed E-state index contributed by atoms with van der Waals surface area (Å²) in [7, 11) is 0. The molecule has 0 bridgehead atoms. The van der Waals surface area contributed by atoms with Gasteiger partial charge in [0.15, 0.2) is 0 Å². The predicted molar refractivity (Wildman–Crippen MR) is 51.0 cm³/mol. The van der Waals surface area contributed by atoms with E-state index in [0.717, 1.165) is 25.7 Å². The van der Waals surface area contributed by atoms with Crippen LogP contribution >= 0.6 is 11.8 Å². The van der Waals surface area contributed by atoms with Gasteiger partial charge in [0.05, 0.1) is 5.25 Å². The molecule has 4 heteroatoms. The molecule has 0 spiro atoms. The SMILES string of the molecule is CC(=O)O[C@H]1CCCC[C@@H]1SC#N. The maximum absolute atomic E-state index is 10.7. The van der Waals surface area contributed by atoms with Gasteiger partial charge in [-0.25, -0.2) is 0 Å². The molecule has 0 radical (unpaired) electrons. The van der Waals surface area contributed by atoms with Crippen molar-refractivity contribution in [1.29, 1.82) is 5.26 Å². The first-order valence-corrected chi connectivity index (χ1v) is 5.34. The van der Waals surface area contributed by atoms with E-state index in [2.05, 4.69) is 5.40 Å². The van der Waals surface area contributed by atoms with Gasteiger partial charge in [0, 0.05) is 6.92 Å². The molecule has 2 atom stereocenters. The summed E-state index contributed by atoms with van der Waals surface area (Å²) in [6.07, 6.45) is 4.07. The lowest BCUT2D eigenvalue weighted by Gasteiger charge is -2.28. The van der Waals surface area contributed by atoms with Crippen LogP contribution in [-0.4, -0.2) is 17.3 Å². The number of nitrogens with zero attached hydrogens (tertiary/aromatic N) is 1. The molecular formula is C9H13NO2S. The lowest BCUT2D eigenvalue weighted by molar-refractivity contribution is -0.147. The number of thiocyanates is 1. The topological polar surface area (TPSA) is 50.1 Å². The van der Waals surface area contributed by atoms with Gasteiger partial charge in [0.25, 0.3) is 0 Å². The zero-order valence-corrected chi connectivity index (χ0v) is 8.47. The average Bonchev–Trinajstić information content (AvgIpc) is 2.08. The maximum atomic E-state index is 10.7. The van der Waals surface area contributed by atoms with Crippen molar-refractivity contribution in [2.24, 2.45) is 0 Å². The summed E-state index contributed by atoms with van der Waals surface area (Å²) >= 11 is 1.23. The van der Waals surface area contributed by atoms with E-state index in [0.29, 0.717) is 0 Å². The molecule has 0 unspecified atom stereocenters. The van der Waals surface area contributed by atoms with Gasteiger partial charge in [-0.1, -0.05) is 6.42 Å². The van der Waals surface area contributed by atoms with E-state index in [4.69, 9.17) is 10.00 Å². The molecule has 1 rings (SSSR count). The Morgan fingerprint density at radius 2 is 2.23 bits per heavy atom. The van der Waals surface area contributed by atoms with E-state index in [9.17, 15) is 4.79 Å². The van der Waals surface area contributed by atoms with Crippen molar-refractivity contribution in [3.05, 3.63) is 0 Å². The Balaban J connectivity index is 2.47. The van der Waals surface area contributed by atoms with E-state index in [1.165, 1.54) is 18.7 Å². The average molecular weight is 199 g/mol. The Kier molecular flexibility index (Phi) is 4.10. The van der Waals surface area contributed by atoms with Crippen LogP contribution in [0.1, 0.15) is 32.6 Å². The Morgan fingerprint density at radius 3 is 2.85 bits per heavy atom. The molecule has 0 saturated heterocycles. The number of carbonyl (C=O) groups is 1. The first kappa shape index (κ1) is 10.4. The molecule has 1 aliphatic rings. The summed E-state index contributed by atoms with van der Waals surface area (Å²) in [4.78, 5) is 10.7. The fraction of sp³-hybridized carbons (Fsp3) is 0.778. The molecule has 13 heavy (non-hydrogen) atoms. The van der Waals surface area contributed by atoms with E-state index in [1.54, 1.807) is 0 Å². The van der Waals surface area contributed by atoms with Gasteiger partial charge in [-0.2, -0.15) is 5.26 Å². The van der Waals surface area contributed by atoms with Gasteiger partial charge in [0.2, 0.25) is 0 Å². The second kappa shape index (κ2) is 5.13. The van der Waals surface area contributed by atoms with Crippen LogP contribution in [0.5, 0.6) is 0 Å². The van der Waals surface area contributed by atoms with Crippen LogP contribution in [0.4, 0.5) is 0 Å². The van der Waals surface area contributed by atoms with E-state index in [1.807, 2.05) is 0 Å². The van der Waals surface area contributed by atoms with Crippen LogP contribution < -0.4 is 0 Å². The molecule has 0 aromatic rings. The van der Waals surface area contributed by atoms with Crippen molar-refractivity contribution in [1.82, 2.24) is 0 Å². The Labute approximate surface area is 82.4 Å². The fourth-order valence-electron chi connectivity index (χ4n) is 1.61. The zero-order chi connectivity index (χ0) is 9.68. The predicted octanol–water partition coefficient (Wildman–Crippen LogP) is 2.07. The highest BCUT2D eigenvalue weighted by Crippen LogP contribution is 2.30. The van der Waals surface area contributed by atoms with Crippen LogP contribution in [-0.2, 0) is 9.53 Å². The van der Waals surface area contributed by atoms with E-state index in [-0.39, 0.29) is 17.3 Å². The number of carbonyl (C=O) groups excluding carboxylic acids is 1. The highest BCUT2D eigenvalue weighted by Gasteiger charge is 2.27. The third-order valence-electron chi connectivity index (χ3n) is 2.16. The van der Waals surface area contributed by atoms with Gasteiger partial charge in [-0.05, 0) is 31.0 Å². The highest BCUT2D eigenvalue weighted by atomic mass is 32.2. The summed E-state index contributed by atoms with van der Waals surface area (Å²) < 4.78 is 5.15. The molecule has 0 aromatic heterocycles. The van der Waals surface area contributed by atoms with Crippen LogP contribution in [0.3, 0.4) is 0 Å². The van der Waals surface area contributed by atoms with Crippen molar-refractivity contribution in [3.63, 3.8) is 0 Å².